The highest BCUT2D eigenvalue weighted by atomic mass is 16.4. The Morgan fingerprint density at radius 3 is 2.21 bits per heavy atom. The van der Waals surface area contributed by atoms with Gasteiger partial charge in [-0.25, -0.2) is 0 Å². The molecule has 5 nitrogen and oxygen atoms in total. The molecule has 19 heavy (non-hydrogen) atoms. The number of nitrogens with one attached hydrogen (secondary N) is 1. The van der Waals surface area contributed by atoms with Gasteiger partial charge in [0.05, 0.1) is 12.0 Å². The Morgan fingerprint density at radius 1 is 1.21 bits per heavy atom. The molecule has 3 N–H and O–H groups in total. The fourth-order valence-electron chi connectivity index (χ4n) is 1.87. The van der Waals surface area contributed by atoms with E-state index in [1.807, 2.05) is 19.9 Å². The van der Waals surface area contributed by atoms with Crippen LogP contribution in [0.1, 0.15) is 34.8 Å². The number of aryl methyl sites for hydroxylation is 2. The number of carboxylic acids is 1. The van der Waals surface area contributed by atoms with E-state index in [0.717, 1.165) is 11.1 Å². The van der Waals surface area contributed by atoms with Crippen molar-refractivity contribution in [1.29, 1.82) is 0 Å². The number of amides is 1. The number of carboxylic acid groups (broad SMARTS) is 1. The van der Waals surface area contributed by atoms with Crippen LogP contribution in [-0.4, -0.2) is 34.2 Å². The fourth-order valence-corrected chi connectivity index (χ4v) is 1.87. The summed E-state index contributed by atoms with van der Waals surface area (Å²) in [5, 5.41) is 21.0. The van der Waals surface area contributed by atoms with Crippen molar-refractivity contribution < 1.29 is 19.8 Å². The zero-order valence-electron chi connectivity index (χ0n) is 11.4. The molecule has 0 saturated heterocycles. The van der Waals surface area contributed by atoms with E-state index in [0.29, 0.717) is 5.56 Å². The zero-order valence-corrected chi connectivity index (χ0v) is 11.4. The Bertz CT molecular complexity index is 474. The number of aliphatic carboxylic acids is 1. The Hall–Kier alpha value is -1.88. The quantitative estimate of drug-likeness (QED) is 0.748. The number of benzene rings is 1. The van der Waals surface area contributed by atoms with Crippen molar-refractivity contribution in [3.05, 3.63) is 34.9 Å². The maximum Gasteiger partial charge on any atom is 0.306 e. The highest BCUT2D eigenvalue weighted by molar-refractivity contribution is 5.94. The van der Waals surface area contributed by atoms with E-state index < -0.39 is 18.0 Å². The van der Waals surface area contributed by atoms with Crippen LogP contribution in [0.2, 0.25) is 0 Å². The smallest absolute Gasteiger partial charge is 0.306 e. The van der Waals surface area contributed by atoms with Crippen LogP contribution in [0.15, 0.2) is 18.2 Å². The molecule has 0 aromatic heterocycles. The lowest BCUT2D eigenvalue weighted by Crippen LogP contribution is -2.42. The summed E-state index contributed by atoms with van der Waals surface area (Å²) >= 11 is 0. The number of rotatable bonds is 5. The molecule has 0 saturated carbocycles. The fraction of sp³-hybridized carbons (Fsp3) is 0.429. The van der Waals surface area contributed by atoms with Gasteiger partial charge in [-0.05, 0) is 32.9 Å². The van der Waals surface area contributed by atoms with Crippen molar-refractivity contribution in [2.75, 3.05) is 6.54 Å². The minimum atomic E-state index is -1.46. The molecule has 1 amide bonds. The molecule has 1 rings (SSSR count). The van der Waals surface area contributed by atoms with Gasteiger partial charge in [0, 0.05) is 12.1 Å². The number of carbonyl (C=O) groups excluding carboxylic acids is 1. The third kappa shape index (κ3) is 5.09. The molecular formula is C14H19NO4. The second-order valence-electron chi connectivity index (χ2n) is 5.13. The Balaban J connectivity index is 2.67. The van der Waals surface area contributed by atoms with Crippen LogP contribution in [0.3, 0.4) is 0 Å². The van der Waals surface area contributed by atoms with Gasteiger partial charge in [-0.15, -0.1) is 0 Å². The molecule has 0 aliphatic heterocycles. The van der Waals surface area contributed by atoms with Crippen LogP contribution >= 0.6 is 0 Å². The lowest BCUT2D eigenvalue weighted by atomic mass is 10.0. The first-order valence-corrected chi connectivity index (χ1v) is 6.00. The van der Waals surface area contributed by atoms with Gasteiger partial charge in [-0.2, -0.15) is 0 Å². The summed E-state index contributed by atoms with van der Waals surface area (Å²) in [5.74, 6) is -1.43. The van der Waals surface area contributed by atoms with Crippen LogP contribution < -0.4 is 5.32 Å². The van der Waals surface area contributed by atoms with Gasteiger partial charge >= 0.3 is 5.97 Å². The van der Waals surface area contributed by atoms with Crippen molar-refractivity contribution in [3.8, 4) is 0 Å². The highest BCUT2D eigenvalue weighted by Gasteiger charge is 2.25. The average Bonchev–Trinajstić information content (AvgIpc) is 2.22. The van der Waals surface area contributed by atoms with E-state index in [1.54, 1.807) is 12.1 Å². The van der Waals surface area contributed by atoms with Crippen molar-refractivity contribution in [1.82, 2.24) is 5.32 Å². The van der Waals surface area contributed by atoms with Crippen LogP contribution in [0, 0.1) is 13.8 Å². The van der Waals surface area contributed by atoms with Crippen molar-refractivity contribution in [2.24, 2.45) is 0 Å². The standard InChI is InChI=1S/C14H19NO4/c1-9-4-10(2)6-11(5-9)13(18)15-8-14(3,19)7-12(16)17/h4-6,19H,7-8H2,1-3H3,(H,15,18)(H,16,17). The predicted octanol–water partition coefficient (Wildman–Crippen LogP) is 1.26. The van der Waals surface area contributed by atoms with E-state index >= 15 is 0 Å². The molecule has 1 aromatic carbocycles. The topological polar surface area (TPSA) is 86.6 Å². The van der Waals surface area contributed by atoms with Crippen LogP contribution in [0.25, 0.3) is 0 Å². The summed E-state index contributed by atoms with van der Waals surface area (Å²) in [4.78, 5) is 22.5. The average molecular weight is 265 g/mol. The first-order chi connectivity index (χ1) is 8.69. The van der Waals surface area contributed by atoms with E-state index in [4.69, 9.17) is 5.11 Å². The van der Waals surface area contributed by atoms with E-state index in [2.05, 4.69) is 5.32 Å². The van der Waals surface area contributed by atoms with E-state index in [-0.39, 0.29) is 12.5 Å². The molecule has 1 atom stereocenters. The van der Waals surface area contributed by atoms with Gasteiger partial charge < -0.3 is 15.5 Å². The number of hydrogen-bond acceptors (Lipinski definition) is 3. The van der Waals surface area contributed by atoms with Gasteiger partial charge in [-0.3, -0.25) is 9.59 Å². The molecule has 1 aromatic rings. The monoisotopic (exact) mass is 265 g/mol. The van der Waals surface area contributed by atoms with Crippen LogP contribution in [-0.2, 0) is 4.79 Å². The molecule has 0 bridgehead atoms. The minimum absolute atomic E-state index is 0.106. The molecule has 0 aliphatic carbocycles. The van der Waals surface area contributed by atoms with Gasteiger partial charge in [0.1, 0.15) is 0 Å². The van der Waals surface area contributed by atoms with Gasteiger partial charge in [0.25, 0.3) is 5.91 Å². The number of aliphatic hydroxyl groups is 1. The van der Waals surface area contributed by atoms with Gasteiger partial charge in [0.15, 0.2) is 0 Å². The summed E-state index contributed by atoms with van der Waals surface area (Å²) in [6.07, 6.45) is -0.417. The second kappa shape index (κ2) is 5.84. The molecular weight excluding hydrogens is 246 g/mol. The Labute approximate surface area is 112 Å². The first kappa shape index (κ1) is 15.2. The molecule has 104 valence electrons. The minimum Gasteiger partial charge on any atom is -0.481 e. The Kier molecular flexibility index (Phi) is 4.67. The largest absolute Gasteiger partial charge is 0.481 e. The molecule has 0 radical (unpaired) electrons. The predicted molar refractivity (Wildman–Crippen MR) is 71.1 cm³/mol. The maximum absolute atomic E-state index is 11.9. The number of hydrogen-bond donors (Lipinski definition) is 3. The highest BCUT2D eigenvalue weighted by Crippen LogP contribution is 2.11. The lowest BCUT2D eigenvalue weighted by Gasteiger charge is -2.21. The van der Waals surface area contributed by atoms with Gasteiger partial charge in [0.2, 0.25) is 0 Å². The maximum atomic E-state index is 11.9. The molecule has 0 fully saturated rings. The molecule has 1 unspecified atom stereocenters. The normalized spacial score (nSPS) is 13.7. The second-order valence-corrected chi connectivity index (χ2v) is 5.13. The van der Waals surface area contributed by atoms with Gasteiger partial charge in [-0.1, -0.05) is 17.2 Å². The SMILES string of the molecule is Cc1cc(C)cc(C(=O)NCC(C)(O)CC(=O)O)c1. The third-order valence-electron chi connectivity index (χ3n) is 2.65. The van der Waals surface area contributed by atoms with E-state index in [1.165, 1.54) is 6.92 Å². The summed E-state index contributed by atoms with van der Waals surface area (Å²) < 4.78 is 0. The summed E-state index contributed by atoms with van der Waals surface area (Å²) in [6.45, 7) is 5.06. The van der Waals surface area contributed by atoms with Crippen molar-refractivity contribution >= 4 is 11.9 Å². The van der Waals surface area contributed by atoms with Crippen LogP contribution in [0.5, 0.6) is 0 Å². The summed E-state index contributed by atoms with van der Waals surface area (Å²) in [5.41, 5.74) is 0.994. The van der Waals surface area contributed by atoms with Crippen LogP contribution in [0.4, 0.5) is 0 Å². The molecule has 0 aliphatic rings. The molecule has 0 spiro atoms. The summed E-state index contributed by atoms with van der Waals surface area (Å²) in [7, 11) is 0. The zero-order chi connectivity index (χ0) is 14.6. The first-order valence-electron chi connectivity index (χ1n) is 6.00. The van der Waals surface area contributed by atoms with Crippen molar-refractivity contribution in [2.45, 2.75) is 32.8 Å². The molecule has 5 heteroatoms. The summed E-state index contributed by atoms with van der Waals surface area (Å²) in [6, 6.07) is 5.44. The Morgan fingerprint density at radius 2 is 1.74 bits per heavy atom. The molecule has 0 heterocycles. The van der Waals surface area contributed by atoms with Crippen molar-refractivity contribution in [3.63, 3.8) is 0 Å². The third-order valence-corrected chi connectivity index (χ3v) is 2.65. The van der Waals surface area contributed by atoms with E-state index in [9.17, 15) is 14.7 Å². The number of carbonyl (C=O) groups is 2. The lowest BCUT2D eigenvalue weighted by molar-refractivity contribution is -0.141.